The van der Waals surface area contributed by atoms with Crippen molar-refractivity contribution in [1.82, 2.24) is 10.6 Å². The van der Waals surface area contributed by atoms with Crippen molar-refractivity contribution in [3.63, 3.8) is 0 Å². The molecule has 0 bridgehead atoms. The van der Waals surface area contributed by atoms with Gasteiger partial charge in [0.25, 0.3) is 0 Å². The summed E-state index contributed by atoms with van der Waals surface area (Å²) in [6.07, 6.45) is 4.98. The van der Waals surface area contributed by atoms with Crippen LogP contribution in [-0.2, 0) is 16.1 Å². The molecule has 1 aliphatic rings. The van der Waals surface area contributed by atoms with E-state index < -0.39 is 11.6 Å². The molecule has 1 aromatic rings. The molecular weight excluding hydrogens is 292 g/mol. The first-order chi connectivity index (χ1) is 11.0. The minimum absolute atomic E-state index is 0.166. The molecule has 2 N–H and O–H groups in total. The van der Waals surface area contributed by atoms with E-state index in [9.17, 15) is 9.59 Å². The lowest BCUT2D eigenvalue weighted by atomic mass is 9.94. The highest BCUT2D eigenvalue weighted by Crippen LogP contribution is 2.18. The van der Waals surface area contributed by atoms with Crippen molar-refractivity contribution in [2.24, 2.45) is 0 Å². The number of alkyl carbamates (subject to hydrolysis) is 1. The average Bonchev–Trinajstić information content (AvgIpc) is 2.54. The molecule has 0 radical (unpaired) electrons. The van der Waals surface area contributed by atoms with Crippen LogP contribution in [-0.4, -0.2) is 23.6 Å². The fourth-order valence-electron chi connectivity index (χ4n) is 2.68. The van der Waals surface area contributed by atoms with E-state index in [1.165, 1.54) is 6.42 Å². The first kappa shape index (κ1) is 17.3. The molecular formula is C18H26N2O3. The van der Waals surface area contributed by atoms with Crippen LogP contribution in [0.1, 0.15) is 51.5 Å². The van der Waals surface area contributed by atoms with E-state index in [2.05, 4.69) is 10.6 Å². The smallest absolute Gasteiger partial charge is 0.408 e. The zero-order valence-electron chi connectivity index (χ0n) is 13.9. The van der Waals surface area contributed by atoms with Crippen LogP contribution in [0.25, 0.3) is 0 Å². The first-order valence-corrected chi connectivity index (χ1v) is 8.27. The van der Waals surface area contributed by atoms with E-state index >= 15 is 0 Å². The normalized spacial score (nSPS) is 15.7. The highest BCUT2D eigenvalue weighted by molar-refractivity contribution is 5.89. The van der Waals surface area contributed by atoms with Gasteiger partial charge in [-0.1, -0.05) is 49.6 Å². The van der Waals surface area contributed by atoms with Gasteiger partial charge in [0, 0.05) is 6.04 Å². The van der Waals surface area contributed by atoms with Crippen molar-refractivity contribution < 1.29 is 14.3 Å². The van der Waals surface area contributed by atoms with Crippen LogP contribution < -0.4 is 10.6 Å². The van der Waals surface area contributed by atoms with Crippen LogP contribution >= 0.6 is 0 Å². The van der Waals surface area contributed by atoms with Gasteiger partial charge in [0.1, 0.15) is 12.1 Å². The summed E-state index contributed by atoms with van der Waals surface area (Å²) in [6, 6.07) is 9.67. The molecule has 0 aromatic heterocycles. The molecule has 23 heavy (non-hydrogen) atoms. The van der Waals surface area contributed by atoms with Gasteiger partial charge in [0.05, 0.1) is 0 Å². The van der Waals surface area contributed by atoms with Crippen LogP contribution in [0.3, 0.4) is 0 Å². The molecule has 1 saturated carbocycles. The minimum Gasteiger partial charge on any atom is -0.445 e. The number of amides is 2. The van der Waals surface area contributed by atoms with Gasteiger partial charge >= 0.3 is 6.09 Å². The second kappa shape index (κ2) is 7.99. The SMILES string of the molecule is CC(C)(NC(=O)OCc1ccccc1)C(=O)NC1CCCCC1. The van der Waals surface area contributed by atoms with E-state index in [0.717, 1.165) is 31.2 Å². The molecule has 1 aliphatic carbocycles. The van der Waals surface area contributed by atoms with Gasteiger partial charge < -0.3 is 15.4 Å². The lowest BCUT2D eigenvalue weighted by molar-refractivity contribution is -0.127. The van der Waals surface area contributed by atoms with Crippen molar-refractivity contribution in [1.29, 1.82) is 0 Å². The molecule has 2 rings (SSSR count). The Morgan fingerprint density at radius 3 is 2.43 bits per heavy atom. The number of rotatable bonds is 5. The Bertz CT molecular complexity index is 522. The second-order valence-corrected chi connectivity index (χ2v) is 6.62. The number of nitrogens with one attached hydrogen (secondary N) is 2. The number of hydrogen-bond acceptors (Lipinski definition) is 3. The Morgan fingerprint density at radius 1 is 1.13 bits per heavy atom. The monoisotopic (exact) mass is 318 g/mol. The fourth-order valence-corrected chi connectivity index (χ4v) is 2.68. The topological polar surface area (TPSA) is 67.4 Å². The van der Waals surface area contributed by atoms with Crippen molar-refractivity contribution in [3.05, 3.63) is 35.9 Å². The Kier molecular flexibility index (Phi) is 6.02. The molecule has 5 heteroatoms. The van der Waals surface area contributed by atoms with Crippen LogP contribution in [0.15, 0.2) is 30.3 Å². The number of carbonyl (C=O) groups is 2. The molecule has 0 unspecified atom stereocenters. The number of hydrogen-bond donors (Lipinski definition) is 2. The molecule has 0 atom stereocenters. The van der Waals surface area contributed by atoms with Gasteiger partial charge in [-0.15, -0.1) is 0 Å². The molecule has 0 spiro atoms. The minimum atomic E-state index is -0.995. The van der Waals surface area contributed by atoms with Crippen LogP contribution in [0.4, 0.5) is 4.79 Å². The average molecular weight is 318 g/mol. The maximum atomic E-state index is 12.4. The van der Waals surface area contributed by atoms with Crippen molar-refractivity contribution in [2.75, 3.05) is 0 Å². The molecule has 126 valence electrons. The van der Waals surface area contributed by atoms with E-state index in [0.29, 0.717) is 0 Å². The van der Waals surface area contributed by atoms with Gasteiger partial charge in [-0.25, -0.2) is 4.79 Å². The molecule has 0 heterocycles. The summed E-state index contributed by atoms with van der Waals surface area (Å²) in [5.41, 5.74) is -0.0855. The van der Waals surface area contributed by atoms with Crippen LogP contribution in [0.5, 0.6) is 0 Å². The lowest BCUT2D eigenvalue weighted by Gasteiger charge is -2.29. The summed E-state index contributed by atoms with van der Waals surface area (Å²) in [5, 5.41) is 5.67. The Labute approximate surface area is 137 Å². The summed E-state index contributed by atoms with van der Waals surface area (Å²) in [6.45, 7) is 3.57. The highest BCUT2D eigenvalue weighted by Gasteiger charge is 2.31. The summed E-state index contributed by atoms with van der Waals surface area (Å²) < 4.78 is 5.17. The molecule has 2 amide bonds. The second-order valence-electron chi connectivity index (χ2n) is 6.62. The van der Waals surface area contributed by atoms with Crippen molar-refractivity contribution in [2.45, 2.75) is 64.1 Å². The quantitative estimate of drug-likeness (QED) is 0.876. The summed E-state index contributed by atoms with van der Waals surface area (Å²) in [5.74, 6) is -0.166. The van der Waals surface area contributed by atoms with Crippen LogP contribution in [0, 0.1) is 0 Å². The fraction of sp³-hybridized carbons (Fsp3) is 0.556. The number of carbonyl (C=O) groups excluding carboxylic acids is 2. The van der Waals surface area contributed by atoms with Gasteiger partial charge in [-0.3, -0.25) is 4.79 Å². The van der Waals surface area contributed by atoms with E-state index in [-0.39, 0.29) is 18.6 Å². The Balaban J connectivity index is 1.79. The Morgan fingerprint density at radius 2 is 1.78 bits per heavy atom. The number of benzene rings is 1. The standard InChI is InChI=1S/C18H26N2O3/c1-18(2,16(21)19-15-11-7-4-8-12-15)20-17(22)23-13-14-9-5-3-6-10-14/h3,5-6,9-10,15H,4,7-8,11-13H2,1-2H3,(H,19,21)(H,20,22). The molecule has 1 fully saturated rings. The molecule has 0 saturated heterocycles. The van der Waals surface area contributed by atoms with E-state index in [4.69, 9.17) is 4.74 Å². The zero-order chi connectivity index (χ0) is 16.7. The van der Waals surface area contributed by atoms with E-state index in [1.807, 2.05) is 30.3 Å². The van der Waals surface area contributed by atoms with Crippen molar-refractivity contribution >= 4 is 12.0 Å². The summed E-state index contributed by atoms with van der Waals surface area (Å²) >= 11 is 0. The lowest BCUT2D eigenvalue weighted by Crippen LogP contribution is -2.56. The van der Waals surface area contributed by atoms with Crippen molar-refractivity contribution in [3.8, 4) is 0 Å². The summed E-state index contributed by atoms with van der Waals surface area (Å²) in [7, 11) is 0. The predicted octanol–water partition coefficient (Wildman–Crippen LogP) is 3.14. The molecule has 0 aliphatic heterocycles. The third kappa shape index (κ3) is 5.58. The van der Waals surface area contributed by atoms with Gasteiger partial charge in [0.2, 0.25) is 5.91 Å². The Hall–Kier alpha value is -2.04. The number of ether oxygens (including phenoxy) is 1. The third-order valence-corrected chi connectivity index (χ3v) is 4.14. The first-order valence-electron chi connectivity index (χ1n) is 8.27. The largest absolute Gasteiger partial charge is 0.445 e. The predicted molar refractivity (Wildman–Crippen MR) is 88.9 cm³/mol. The third-order valence-electron chi connectivity index (χ3n) is 4.14. The summed E-state index contributed by atoms with van der Waals surface area (Å²) in [4.78, 5) is 24.3. The maximum Gasteiger partial charge on any atom is 0.408 e. The maximum absolute atomic E-state index is 12.4. The van der Waals surface area contributed by atoms with Gasteiger partial charge in [0.15, 0.2) is 0 Å². The van der Waals surface area contributed by atoms with Gasteiger partial charge in [-0.2, -0.15) is 0 Å². The molecule has 5 nitrogen and oxygen atoms in total. The highest BCUT2D eigenvalue weighted by atomic mass is 16.5. The molecule has 1 aromatic carbocycles. The van der Waals surface area contributed by atoms with Crippen LogP contribution in [0.2, 0.25) is 0 Å². The van der Waals surface area contributed by atoms with E-state index in [1.54, 1.807) is 13.8 Å². The van der Waals surface area contributed by atoms with Gasteiger partial charge in [-0.05, 0) is 32.3 Å². The zero-order valence-corrected chi connectivity index (χ0v) is 13.9.